The summed E-state index contributed by atoms with van der Waals surface area (Å²) >= 11 is 0. The van der Waals surface area contributed by atoms with Crippen molar-refractivity contribution < 1.29 is 23.8 Å². The van der Waals surface area contributed by atoms with Gasteiger partial charge in [-0.2, -0.15) is 0 Å². The molecule has 4 rings (SSSR count). The topological polar surface area (TPSA) is 102 Å². The second-order valence-electron chi connectivity index (χ2n) is 12.4. The summed E-state index contributed by atoms with van der Waals surface area (Å²) in [6.45, 7) is 11.2. The van der Waals surface area contributed by atoms with E-state index < -0.39 is 17.9 Å². The number of oxazole rings is 1. The lowest BCUT2D eigenvalue weighted by Crippen LogP contribution is -2.42. The van der Waals surface area contributed by atoms with Crippen LogP contribution in [0.15, 0.2) is 77.4 Å². The minimum absolute atomic E-state index is 0.0386. The van der Waals surface area contributed by atoms with E-state index in [-0.39, 0.29) is 11.8 Å². The van der Waals surface area contributed by atoms with Crippen molar-refractivity contribution in [2.24, 2.45) is 0 Å². The van der Waals surface area contributed by atoms with Gasteiger partial charge in [-0.25, -0.2) is 9.78 Å². The Balaban J connectivity index is 1.37. The number of carbonyl (C=O) groups excluding carboxylic acids is 1. The summed E-state index contributed by atoms with van der Waals surface area (Å²) in [7, 11) is 0. The summed E-state index contributed by atoms with van der Waals surface area (Å²) in [6.07, 6.45) is 7.80. The number of carbonyl (C=O) groups is 2. The largest absolute Gasteiger partial charge is 0.494 e. The number of carboxylic acids is 1. The van der Waals surface area contributed by atoms with E-state index in [0.29, 0.717) is 11.5 Å². The highest BCUT2D eigenvalue weighted by Gasteiger charge is 2.22. The third-order valence-electron chi connectivity index (χ3n) is 7.75. The molecule has 0 spiro atoms. The van der Waals surface area contributed by atoms with E-state index >= 15 is 0 Å². The van der Waals surface area contributed by atoms with Crippen LogP contribution in [0, 0.1) is 6.92 Å². The molecule has 0 saturated heterocycles. The van der Waals surface area contributed by atoms with Gasteiger partial charge in [0.25, 0.3) is 5.91 Å². The van der Waals surface area contributed by atoms with E-state index in [2.05, 4.69) is 33.0 Å². The van der Waals surface area contributed by atoms with Crippen LogP contribution in [-0.4, -0.2) is 34.6 Å². The summed E-state index contributed by atoms with van der Waals surface area (Å²) in [4.78, 5) is 29.6. The second kappa shape index (κ2) is 14.9. The number of nitrogens with one attached hydrogen (secondary N) is 1. The zero-order valence-corrected chi connectivity index (χ0v) is 26.5. The van der Waals surface area contributed by atoms with Crippen molar-refractivity contribution in [3.8, 4) is 28.5 Å². The van der Waals surface area contributed by atoms with Gasteiger partial charge in [-0.3, -0.25) is 4.79 Å². The van der Waals surface area contributed by atoms with Crippen molar-refractivity contribution in [2.45, 2.75) is 84.6 Å². The first-order chi connectivity index (χ1) is 21.0. The third-order valence-corrected chi connectivity index (χ3v) is 7.75. The van der Waals surface area contributed by atoms with Crippen molar-refractivity contribution in [3.63, 3.8) is 0 Å². The molecule has 232 valence electrons. The zero-order valence-electron chi connectivity index (χ0n) is 26.5. The second-order valence-corrected chi connectivity index (χ2v) is 12.4. The first kappa shape index (κ1) is 32.5. The van der Waals surface area contributed by atoms with E-state index in [9.17, 15) is 14.7 Å². The number of benzene rings is 3. The molecule has 1 unspecified atom stereocenters. The maximum atomic E-state index is 12.8. The number of unbranched alkanes of at least 4 members (excludes halogenated alkanes) is 4. The fourth-order valence-corrected chi connectivity index (χ4v) is 5.04. The van der Waals surface area contributed by atoms with Crippen LogP contribution in [0.2, 0.25) is 0 Å². The lowest BCUT2D eigenvalue weighted by atomic mass is 9.86. The normalized spacial score (nSPS) is 12.1. The van der Waals surface area contributed by atoms with Crippen LogP contribution in [0.25, 0.3) is 22.7 Å². The average Bonchev–Trinajstić information content (AvgIpc) is 3.48. The minimum Gasteiger partial charge on any atom is -0.494 e. The predicted octanol–water partition coefficient (Wildman–Crippen LogP) is 8.39. The van der Waals surface area contributed by atoms with Crippen LogP contribution in [-0.2, 0) is 16.6 Å². The molecule has 0 bridgehead atoms. The van der Waals surface area contributed by atoms with Gasteiger partial charge in [0.1, 0.15) is 23.7 Å². The van der Waals surface area contributed by atoms with Gasteiger partial charge in [0.2, 0.25) is 5.89 Å². The van der Waals surface area contributed by atoms with Crippen LogP contribution in [0.4, 0.5) is 0 Å². The molecule has 2 N–H and O–H groups in total. The van der Waals surface area contributed by atoms with Crippen LogP contribution in [0.3, 0.4) is 0 Å². The lowest BCUT2D eigenvalue weighted by molar-refractivity contribution is -0.139. The van der Waals surface area contributed by atoms with E-state index in [4.69, 9.17) is 14.1 Å². The fraction of sp³-hybridized carbons (Fsp3) is 0.378. The van der Waals surface area contributed by atoms with E-state index in [1.54, 1.807) is 18.4 Å². The quantitative estimate of drug-likeness (QED) is 0.142. The molecule has 0 aliphatic carbocycles. The van der Waals surface area contributed by atoms with Crippen LogP contribution < -0.4 is 10.1 Å². The van der Waals surface area contributed by atoms with E-state index in [0.717, 1.165) is 52.3 Å². The number of nitrogens with zero attached hydrogens (tertiary/aromatic N) is 1. The first-order valence-corrected chi connectivity index (χ1v) is 15.5. The third kappa shape index (κ3) is 8.82. The van der Waals surface area contributed by atoms with Crippen molar-refractivity contribution in [1.29, 1.82) is 0 Å². The number of hydrogen-bond acceptors (Lipinski definition) is 5. The molecule has 1 aromatic heterocycles. The molecule has 44 heavy (non-hydrogen) atoms. The Morgan fingerprint density at radius 2 is 1.66 bits per heavy atom. The SMILES string of the molecule is CCCCCCCOc1ccc(-c2coc(-c3ccc(CC(NC(=O)c4ccc(C(C)(C)C)cc4)C(=O)O)cc3C)n2)cc1. The first-order valence-electron chi connectivity index (χ1n) is 15.5. The Labute approximate surface area is 260 Å². The lowest BCUT2D eigenvalue weighted by Gasteiger charge is -2.19. The zero-order chi connectivity index (χ0) is 31.7. The Morgan fingerprint density at radius 3 is 2.30 bits per heavy atom. The molecule has 1 atom stereocenters. The fourth-order valence-electron chi connectivity index (χ4n) is 5.04. The van der Waals surface area contributed by atoms with E-state index in [1.165, 1.54) is 25.7 Å². The predicted molar refractivity (Wildman–Crippen MR) is 174 cm³/mol. The summed E-state index contributed by atoms with van der Waals surface area (Å²) in [5.41, 5.74) is 5.64. The van der Waals surface area contributed by atoms with Gasteiger partial charge in [-0.15, -0.1) is 0 Å². The molecule has 0 fully saturated rings. The van der Waals surface area contributed by atoms with Gasteiger partial charge >= 0.3 is 5.97 Å². The highest BCUT2D eigenvalue weighted by atomic mass is 16.5. The van der Waals surface area contributed by atoms with Crippen molar-refractivity contribution in [3.05, 3.63) is 95.2 Å². The Hall–Kier alpha value is -4.39. The molecule has 7 heteroatoms. The Morgan fingerprint density at radius 1 is 0.955 bits per heavy atom. The maximum Gasteiger partial charge on any atom is 0.326 e. The molecule has 0 aliphatic rings. The smallest absolute Gasteiger partial charge is 0.326 e. The highest BCUT2D eigenvalue weighted by Crippen LogP contribution is 2.29. The van der Waals surface area contributed by atoms with Gasteiger partial charge in [0.05, 0.1) is 6.61 Å². The molecule has 1 heterocycles. The van der Waals surface area contributed by atoms with E-state index in [1.807, 2.05) is 61.5 Å². The minimum atomic E-state index is -1.09. The van der Waals surface area contributed by atoms with Gasteiger partial charge in [-0.05, 0) is 77.9 Å². The Kier molecular flexibility index (Phi) is 11.0. The average molecular weight is 597 g/mol. The highest BCUT2D eigenvalue weighted by molar-refractivity contribution is 5.96. The van der Waals surface area contributed by atoms with Crippen molar-refractivity contribution >= 4 is 11.9 Å². The molecule has 3 aromatic carbocycles. The van der Waals surface area contributed by atoms with Gasteiger partial charge in [0.15, 0.2) is 0 Å². The molecular formula is C37H44N2O5. The van der Waals surface area contributed by atoms with Crippen LogP contribution in [0.1, 0.15) is 86.8 Å². The molecule has 0 saturated carbocycles. The van der Waals surface area contributed by atoms with Gasteiger partial charge in [0, 0.05) is 23.1 Å². The monoisotopic (exact) mass is 596 g/mol. The molecule has 7 nitrogen and oxygen atoms in total. The summed E-state index contributed by atoms with van der Waals surface area (Å²) in [6, 6.07) is 19.7. The number of hydrogen-bond donors (Lipinski definition) is 2. The number of ether oxygens (including phenoxy) is 1. The standard InChI is InChI=1S/C37H44N2O5/c1-6-7-8-9-10-21-43-30-18-14-27(15-19-30)33-24-44-35(39-33)31-20-11-26(22-25(31)2)23-32(36(41)42)38-34(40)28-12-16-29(17-13-28)37(3,4)5/h11-20,22,24,32H,6-10,21,23H2,1-5H3,(H,38,40)(H,41,42). The maximum absolute atomic E-state index is 12.8. The summed E-state index contributed by atoms with van der Waals surface area (Å²) < 4.78 is 11.7. The number of rotatable bonds is 14. The molecule has 0 radical (unpaired) electrons. The molecule has 1 amide bonds. The summed E-state index contributed by atoms with van der Waals surface area (Å²) in [5, 5.41) is 12.5. The Bertz CT molecular complexity index is 1530. The molecular weight excluding hydrogens is 552 g/mol. The van der Waals surface area contributed by atoms with Crippen molar-refractivity contribution in [2.75, 3.05) is 6.61 Å². The summed E-state index contributed by atoms with van der Waals surface area (Å²) in [5.74, 6) is -0.181. The number of aliphatic carboxylic acids is 1. The number of aromatic nitrogens is 1. The molecule has 4 aromatic rings. The number of carboxylic acid groups (broad SMARTS) is 1. The number of aryl methyl sites for hydroxylation is 1. The van der Waals surface area contributed by atoms with Gasteiger partial charge < -0.3 is 19.6 Å². The molecule has 0 aliphatic heterocycles. The number of amides is 1. The van der Waals surface area contributed by atoms with Gasteiger partial charge in [-0.1, -0.05) is 77.6 Å². The van der Waals surface area contributed by atoms with Crippen LogP contribution >= 0.6 is 0 Å². The van der Waals surface area contributed by atoms with Crippen molar-refractivity contribution in [1.82, 2.24) is 10.3 Å². The van der Waals surface area contributed by atoms with Crippen LogP contribution in [0.5, 0.6) is 5.75 Å².